The standard InChI is InChI=1S/C21H36O3Si/c1-9-19(24-25(7,8)21(4,5)6)16(2)20(22)17(3)23-15-18-13-11-10-12-14-18/h10-14,16-17,19H,9,15H2,1-8H3/t16-,17+,19+/m0/s1. The van der Waals surface area contributed by atoms with Gasteiger partial charge in [-0.05, 0) is 37.0 Å². The molecular weight excluding hydrogens is 328 g/mol. The molecule has 3 nitrogen and oxygen atoms in total. The van der Waals surface area contributed by atoms with E-state index >= 15 is 0 Å². The van der Waals surface area contributed by atoms with Gasteiger partial charge in [-0.2, -0.15) is 0 Å². The normalized spacial score (nSPS) is 16.3. The van der Waals surface area contributed by atoms with Crippen LogP contribution in [0.2, 0.25) is 18.1 Å². The largest absolute Gasteiger partial charge is 0.413 e. The molecule has 0 aliphatic carbocycles. The Morgan fingerprint density at radius 1 is 1.12 bits per heavy atom. The number of carbonyl (C=O) groups excluding carboxylic acids is 1. The van der Waals surface area contributed by atoms with Crippen LogP contribution >= 0.6 is 0 Å². The van der Waals surface area contributed by atoms with Gasteiger partial charge in [-0.3, -0.25) is 4.79 Å². The first-order chi connectivity index (χ1) is 11.5. The van der Waals surface area contributed by atoms with E-state index in [9.17, 15) is 4.79 Å². The molecule has 0 aliphatic rings. The Labute approximate surface area is 155 Å². The van der Waals surface area contributed by atoms with Gasteiger partial charge in [0.1, 0.15) is 6.10 Å². The second-order valence-electron chi connectivity index (χ2n) is 8.45. The van der Waals surface area contributed by atoms with Crippen molar-refractivity contribution in [3.8, 4) is 0 Å². The quantitative estimate of drug-likeness (QED) is 0.535. The van der Waals surface area contributed by atoms with E-state index in [4.69, 9.17) is 9.16 Å². The van der Waals surface area contributed by atoms with E-state index in [2.05, 4.69) is 40.8 Å². The van der Waals surface area contributed by atoms with Gasteiger partial charge in [0.15, 0.2) is 14.1 Å². The highest BCUT2D eigenvalue weighted by molar-refractivity contribution is 6.74. The molecule has 0 amide bonds. The average molecular weight is 365 g/mol. The summed E-state index contributed by atoms with van der Waals surface area (Å²) in [6.45, 7) is 17.5. The van der Waals surface area contributed by atoms with Crippen LogP contribution in [-0.4, -0.2) is 26.3 Å². The number of hydrogen-bond donors (Lipinski definition) is 0. The highest BCUT2D eigenvalue weighted by Crippen LogP contribution is 2.38. The molecule has 0 spiro atoms. The molecule has 0 saturated heterocycles. The van der Waals surface area contributed by atoms with E-state index in [-0.39, 0.29) is 22.8 Å². The van der Waals surface area contributed by atoms with E-state index in [1.54, 1.807) is 0 Å². The number of hydrogen-bond acceptors (Lipinski definition) is 3. The second kappa shape index (κ2) is 9.11. The zero-order chi connectivity index (χ0) is 19.3. The summed E-state index contributed by atoms with van der Waals surface area (Å²) in [7, 11) is -1.90. The minimum Gasteiger partial charge on any atom is -0.413 e. The van der Waals surface area contributed by atoms with Crippen molar-refractivity contribution in [3.05, 3.63) is 35.9 Å². The van der Waals surface area contributed by atoms with Crippen molar-refractivity contribution in [2.45, 2.75) is 84.9 Å². The minimum atomic E-state index is -1.90. The Balaban J connectivity index is 2.68. The molecule has 1 rings (SSSR count). The molecule has 0 bridgehead atoms. The molecule has 4 heteroatoms. The summed E-state index contributed by atoms with van der Waals surface area (Å²) in [5.74, 6) is -0.0358. The molecule has 0 fully saturated rings. The maximum atomic E-state index is 12.8. The summed E-state index contributed by atoms with van der Waals surface area (Å²) < 4.78 is 12.3. The van der Waals surface area contributed by atoms with Crippen LogP contribution in [0.1, 0.15) is 53.5 Å². The van der Waals surface area contributed by atoms with Crippen LogP contribution in [0.25, 0.3) is 0 Å². The maximum Gasteiger partial charge on any atom is 0.192 e. The molecular formula is C21H36O3Si. The van der Waals surface area contributed by atoms with Gasteiger partial charge in [0.05, 0.1) is 12.7 Å². The topological polar surface area (TPSA) is 35.5 Å². The number of carbonyl (C=O) groups is 1. The van der Waals surface area contributed by atoms with Crippen LogP contribution in [-0.2, 0) is 20.6 Å². The highest BCUT2D eigenvalue weighted by Gasteiger charge is 2.41. The van der Waals surface area contributed by atoms with E-state index < -0.39 is 14.4 Å². The van der Waals surface area contributed by atoms with Gasteiger partial charge in [0.25, 0.3) is 0 Å². The summed E-state index contributed by atoms with van der Waals surface area (Å²) in [4.78, 5) is 12.8. The number of Topliss-reactive ketones (excluding diaryl/α,β-unsaturated/α-hetero) is 1. The Hall–Kier alpha value is -0.973. The molecule has 142 valence electrons. The monoisotopic (exact) mass is 364 g/mol. The summed E-state index contributed by atoms with van der Waals surface area (Å²) in [5.41, 5.74) is 1.08. The third-order valence-corrected chi connectivity index (χ3v) is 9.91. The number of ketones is 1. The molecule has 25 heavy (non-hydrogen) atoms. The van der Waals surface area contributed by atoms with Crippen molar-refractivity contribution in [2.24, 2.45) is 5.92 Å². The van der Waals surface area contributed by atoms with Crippen LogP contribution in [0.3, 0.4) is 0 Å². The smallest absolute Gasteiger partial charge is 0.192 e. The minimum absolute atomic E-state index is 0.0452. The summed E-state index contributed by atoms with van der Waals surface area (Å²) in [5, 5.41) is 0.138. The summed E-state index contributed by atoms with van der Waals surface area (Å²) >= 11 is 0. The molecule has 3 atom stereocenters. The van der Waals surface area contributed by atoms with Gasteiger partial charge in [-0.15, -0.1) is 0 Å². The van der Waals surface area contributed by atoms with Crippen molar-refractivity contribution >= 4 is 14.1 Å². The van der Waals surface area contributed by atoms with E-state index in [0.717, 1.165) is 12.0 Å². The summed E-state index contributed by atoms with van der Waals surface area (Å²) in [6, 6.07) is 9.96. The van der Waals surface area contributed by atoms with Crippen LogP contribution in [0, 0.1) is 5.92 Å². The molecule has 1 aromatic carbocycles. The average Bonchev–Trinajstić information content (AvgIpc) is 2.56. The van der Waals surface area contributed by atoms with Gasteiger partial charge in [0, 0.05) is 5.92 Å². The first kappa shape index (κ1) is 22.1. The first-order valence-electron chi connectivity index (χ1n) is 9.36. The third kappa shape index (κ3) is 6.35. The van der Waals surface area contributed by atoms with E-state index in [1.165, 1.54) is 0 Å². The maximum absolute atomic E-state index is 12.8. The zero-order valence-corrected chi connectivity index (χ0v) is 18.3. The fourth-order valence-corrected chi connectivity index (χ4v) is 4.01. The van der Waals surface area contributed by atoms with Crippen LogP contribution in [0.15, 0.2) is 30.3 Å². The molecule has 1 aromatic rings. The molecule has 0 heterocycles. The van der Waals surface area contributed by atoms with Gasteiger partial charge >= 0.3 is 0 Å². The second-order valence-corrected chi connectivity index (χ2v) is 13.2. The van der Waals surface area contributed by atoms with Crippen molar-refractivity contribution in [1.82, 2.24) is 0 Å². The number of rotatable bonds is 9. The van der Waals surface area contributed by atoms with Crippen molar-refractivity contribution in [2.75, 3.05) is 0 Å². The van der Waals surface area contributed by atoms with Crippen LogP contribution in [0.5, 0.6) is 0 Å². The Kier molecular flexibility index (Phi) is 8.04. The lowest BCUT2D eigenvalue weighted by molar-refractivity contribution is -0.137. The molecule has 0 saturated carbocycles. The highest BCUT2D eigenvalue weighted by atomic mass is 28.4. The molecule has 0 unspecified atom stereocenters. The van der Waals surface area contributed by atoms with Gasteiger partial charge in [-0.25, -0.2) is 0 Å². The van der Waals surface area contributed by atoms with Gasteiger partial charge < -0.3 is 9.16 Å². The molecule has 0 radical (unpaired) electrons. The summed E-state index contributed by atoms with van der Waals surface area (Å²) in [6.07, 6.45) is 0.369. The van der Waals surface area contributed by atoms with Crippen LogP contribution in [0.4, 0.5) is 0 Å². The number of ether oxygens (including phenoxy) is 1. The molecule has 0 aliphatic heterocycles. The van der Waals surface area contributed by atoms with Gasteiger partial charge in [0.2, 0.25) is 0 Å². The van der Waals surface area contributed by atoms with E-state index in [0.29, 0.717) is 6.61 Å². The lowest BCUT2D eigenvalue weighted by atomic mass is 9.95. The predicted octanol–water partition coefficient (Wildman–Crippen LogP) is 5.60. The number of benzene rings is 1. The predicted molar refractivity (Wildman–Crippen MR) is 107 cm³/mol. The van der Waals surface area contributed by atoms with Crippen molar-refractivity contribution < 1.29 is 14.0 Å². The van der Waals surface area contributed by atoms with Crippen molar-refractivity contribution in [3.63, 3.8) is 0 Å². The van der Waals surface area contributed by atoms with Crippen LogP contribution < -0.4 is 0 Å². The van der Waals surface area contributed by atoms with Gasteiger partial charge in [-0.1, -0.05) is 65.0 Å². The zero-order valence-electron chi connectivity index (χ0n) is 17.3. The fraction of sp³-hybridized carbons (Fsp3) is 0.667. The van der Waals surface area contributed by atoms with Crippen molar-refractivity contribution in [1.29, 1.82) is 0 Å². The van der Waals surface area contributed by atoms with E-state index in [1.807, 2.05) is 44.2 Å². The SMILES string of the molecule is CC[C@@H](O[Si](C)(C)C(C)(C)C)[C@H](C)C(=O)[C@@H](C)OCc1ccccc1. The molecule has 0 aromatic heterocycles. The lowest BCUT2D eigenvalue weighted by Gasteiger charge is -2.40. The third-order valence-electron chi connectivity index (χ3n) is 5.40. The Morgan fingerprint density at radius 2 is 1.68 bits per heavy atom. The first-order valence-corrected chi connectivity index (χ1v) is 12.3. The Bertz CT molecular complexity index is 534. The fourth-order valence-electron chi connectivity index (χ4n) is 2.53. The Morgan fingerprint density at radius 3 is 2.16 bits per heavy atom. The lowest BCUT2D eigenvalue weighted by Crippen LogP contribution is -2.47. The molecule has 0 N–H and O–H groups in total.